The van der Waals surface area contributed by atoms with Gasteiger partial charge in [0.1, 0.15) is 4.90 Å². The van der Waals surface area contributed by atoms with Crippen molar-refractivity contribution in [1.29, 1.82) is 0 Å². The molecule has 0 aliphatic carbocycles. The van der Waals surface area contributed by atoms with Crippen molar-refractivity contribution in [2.75, 3.05) is 26.7 Å². The molecular weight excluding hydrogens is 403 g/mol. The molecule has 1 fully saturated rings. The highest BCUT2D eigenvalue weighted by molar-refractivity contribution is 9.10. The fourth-order valence-electron chi connectivity index (χ4n) is 2.27. The Morgan fingerprint density at radius 2 is 2.19 bits per heavy atom. The smallest absolute Gasteiger partial charge is 0.246 e. The van der Waals surface area contributed by atoms with Crippen molar-refractivity contribution < 1.29 is 13.2 Å². The average Bonchev–Trinajstić information content (AvgIpc) is 2.87. The zero-order valence-corrected chi connectivity index (χ0v) is 15.4. The normalized spacial score (nSPS) is 19.3. The van der Waals surface area contributed by atoms with Crippen LogP contribution in [-0.2, 0) is 10.0 Å². The Kier molecular flexibility index (Phi) is 6.77. The first-order valence-electron chi connectivity index (χ1n) is 6.13. The molecular formula is C12H17BrCl2N2O3S. The predicted molar refractivity (Wildman–Crippen MR) is 88.9 cm³/mol. The second-order valence-electron chi connectivity index (χ2n) is 4.67. The van der Waals surface area contributed by atoms with Crippen LogP contribution in [0.3, 0.4) is 0 Å². The highest BCUT2D eigenvalue weighted by Gasteiger charge is 2.34. The van der Waals surface area contributed by atoms with Crippen molar-refractivity contribution in [3.05, 3.63) is 21.6 Å². The molecule has 0 bridgehead atoms. The number of sulfonamides is 1. The maximum absolute atomic E-state index is 12.7. The SMILES string of the molecule is COc1c(Br)cc(Cl)cc1S(=O)(=O)N1CCC(CN)C1.Cl. The van der Waals surface area contributed by atoms with E-state index in [-0.39, 0.29) is 29.0 Å². The summed E-state index contributed by atoms with van der Waals surface area (Å²) < 4.78 is 32.6. The minimum absolute atomic E-state index is 0. The number of halogens is 3. The summed E-state index contributed by atoms with van der Waals surface area (Å²) in [5.74, 6) is 0.476. The van der Waals surface area contributed by atoms with Crippen LogP contribution in [0.2, 0.25) is 5.02 Å². The van der Waals surface area contributed by atoms with Gasteiger partial charge in [-0.3, -0.25) is 0 Å². The number of methoxy groups -OCH3 is 1. The maximum atomic E-state index is 12.7. The number of rotatable bonds is 4. The Bertz CT molecular complexity index is 613. The van der Waals surface area contributed by atoms with E-state index < -0.39 is 10.0 Å². The van der Waals surface area contributed by atoms with Gasteiger partial charge in [-0.15, -0.1) is 12.4 Å². The molecule has 0 aromatic heterocycles. The van der Waals surface area contributed by atoms with Crippen LogP contribution in [0.1, 0.15) is 6.42 Å². The second-order valence-corrected chi connectivity index (χ2v) is 7.87. The summed E-state index contributed by atoms with van der Waals surface area (Å²) in [6.45, 7) is 1.39. The van der Waals surface area contributed by atoms with E-state index in [1.807, 2.05) is 0 Å². The van der Waals surface area contributed by atoms with Crippen molar-refractivity contribution in [2.24, 2.45) is 11.7 Å². The van der Waals surface area contributed by atoms with Crippen molar-refractivity contribution in [1.82, 2.24) is 4.31 Å². The van der Waals surface area contributed by atoms with Crippen LogP contribution in [-0.4, -0.2) is 39.5 Å². The molecule has 120 valence electrons. The van der Waals surface area contributed by atoms with Gasteiger partial charge < -0.3 is 10.5 Å². The fraction of sp³-hybridized carbons (Fsp3) is 0.500. The zero-order chi connectivity index (χ0) is 14.9. The van der Waals surface area contributed by atoms with Crippen LogP contribution in [0, 0.1) is 5.92 Å². The van der Waals surface area contributed by atoms with E-state index in [1.54, 1.807) is 6.07 Å². The molecule has 1 atom stereocenters. The molecule has 9 heteroatoms. The Morgan fingerprint density at radius 1 is 1.52 bits per heavy atom. The quantitative estimate of drug-likeness (QED) is 0.813. The molecule has 21 heavy (non-hydrogen) atoms. The lowest BCUT2D eigenvalue weighted by Gasteiger charge is -2.19. The molecule has 1 heterocycles. The van der Waals surface area contributed by atoms with E-state index in [1.165, 1.54) is 17.5 Å². The van der Waals surface area contributed by atoms with Crippen molar-refractivity contribution >= 4 is 50.0 Å². The fourth-order valence-corrected chi connectivity index (χ4v) is 5.18. The minimum Gasteiger partial charge on any atom is -0.494 e. The summed E-state index contributed by atoms with van der Waals surface area (Å²) in [4.78, 5) is 0.0806. The average molecular weight is 420 g/mol. The zero-order valence-electron chi connectivity index (χ0n) is 11.4. The van der Waals surface area contributed by atoms with Crippen LogP contribution in [0.25, 0.3) is 0 Å². The monoisotopic (exact) mass is 418 g/mol. The van der Waals surface area contributed by atoms with Crippen LogP contribution in [0.4, 0.5) is 0 Å². The Labute approximate surface area is 144 Å². The number of ether oxygens (including phenoxy) is 1. The molecule has 0 radical (unpaired) electrons. The summed E-state index contributed by atoms with van der Waals surface area (Å²) in [5, 5.41) is 0.339. The number of hydrogen-bond acceptors (Lipinski definition) is 4. The summed E-state index contributed by atoms with van der Waals surface area (Å²) in [7, 11) is -2.20. The van der Waals surface area contributed by atoms with Crippen molar-refractivity contribution in [3.63, 3.8) is 0 Å². The summed E-state index contributed by atoms with van der Waals surface area (Å²) in [5.41, 5.74) is 5.61. The van der Waals surface area contributed by atoms with Crippen molar-refractivity contribution in [2.45, 2.75) is 11.3 Å². The standard InChI is InChI=1S/C12H16BrClN2O3S.ClH/c1-19-12-10(13)4-9(14)5-11(12)20(17,18)16-3-2-8(6-15)7-16;/h4-5,8H,2-3,6-7,15H2,1H3;1H. The van der Waals surface area contributed by atoms with Crippen LogP contribution in [0.5, 0.6) is 5.75 Å². The van der Waals surface area contributed by atoms with E-state index in [2.05, 4.69) is 15.9 Å². The first-order chi connectivity index (χ1) is 9.40. The highest BCUT2D eigenvalue weighted by Crippen LogP contribution is 2.37. The second kappa shape index (κ2) is 7.48. The molecule has 2 rings (SSSR count). The molecule has 2 N–H and O–H groups in total. The van der Waals surface area contributed by atoms with Gasteiger partial charge in [0, 0.05) is 18.1 Å². The van der Waals surface area contributed by atoms with Crippen LogP contribution >= 0.6 is 39.9 Å². The first-order valence-corrected chi connectivity index (χ1v) is 8.74. The Morgan fingerprint density at radius 3 is 2.71 bits per heavy atom. The van der Waals surface area contributed by atoms with Gasteiger partial charge >= 0.3 is 0 Å². The lowest BCUT2D eigenvalue weighted by atomic mass is 10.1. The molecule has 0 saturated carbocycles. The van der Waals surface area contributed by atoms with Gasteiger partial charge in [0.2, 0.25) is 10.0 Å². The molecule has 1 aromatic rings. The molecule has 0 spiro atoms. The molecule has 1 aliphatic rings. The van der Waals surface area contributed by atoms with Gasteiger partial charge in [0.15, 0.2) is 5.75 Å². The number of nitrogens with zero attached hydrogens (tertiary/aromatic N) is 1. The lowest BCUT2D eigenvalue weighted by molar-refractivity contribution is 0.395. The summed E-state index contributed by atoms with van der Waals surface area (Å²) in [6, 6.07) is 3.02. The predicted octanol–water partition coefficient (Wildman–Crippen LogP) is 2.50. The first kappa shape index (κ1) is 19.0. The van der Waals surface area contributed by atoms with Gasteiger partial charge in [0.25, 0.3) is 0 Å². The number of benzene rings is 1. The minimum atomic E-state index is -3.63. The molecule has 1 saturated heterocycles. The maximum Gasteiger partial charge on any atom is 0.246 e. The van der Waals surface area contributed by atoms with Gasteiger partial charge in [-0.1, -0.05) is 11.6 Å². The third-order valence-corrected chi connectivity index (χ3v) is 6.06. The lowest BCUT2D eigenvalue weighted by Crippen LogP contribution is -2.30. The third kappa shape index (κ3) is 3.83. The van der Waals surface area contributed by atoms with Crippen LogP contribution in [0.15, 0.2) is 21.5 Å². The van der Waals surface area contributed by atoms with Gasteiger partial charge in [-0.2, -0.15) is 4.31 Å². The van der Waals surface area contributed by atoms with Gasteiger partial charge in [0.05, 0.1) is 11.6 Å². The van der Waals surface area contributed by atoms with Gasteiger partial charge in [-0.05, 0) is 46.9 Å². The van der Waals surface area contributed by atoms with E-state index in [0.717, 1.165) is 6.42 Å². The molecule has 1 aliphatic heterocycles. The molecule has 0 amide bonds. The highest BCUT2D eigenvalue weighted by atomic mass is 79.9. The largest absolute Gasteiger partial charge is 0.494 e. The molecule has 1 unspecified atom stereocenters. The Hall–Kier alpha value is -0.0500. The van der Waals surface area contributed by atoms with E-state index >= 15 is 0 Å². The van der Waals surface area contributed by atoms with E-state index in [0.29, 0.717) is 29.1 Å². The van der Waals surface area contributed by atoms with E-state index in [4.69, 9.17) is 22.1 Å². The van der Waals surface area contributed by atoms with Crippen molar-refractivity contribution in [3.8, 4) is 5.75 Å². The number of hydrogen-bond donors (Lipinski definition) is 1. The molecule has 5 nitrogen and oxygen atoms in total. The third-order valence-electron chi connectivity index (χ3n) is 3.38. The van der Waals surface area contributed by atoms with Crippen LogP contribution < -0.4 is 10.5 Å². The topological polar surface area (TPSA) is 72.6 Å². The summed E-state index contributed by atoms with van der Waals surface area (Å²) in [6.07, 6.45) is 0.778. The van der Waals surface area contributed by atoms with Gasteiger partial charge in [-0.25, -0.2) is 8.42 Å². The Balaban J connectivity index is 0.00000220. The van der Waals surface area contributed by atoms with E-state index in [9.17, 15) is 8.42 Å². The number of nitrogens with two attached hydrogens (primary N) is 1. The summed E-state index contributed by atoms with van der Waals surface area (Å²) >= 11 is 9.23. The molecule has 1 aromatic carbocycles.